The number of ether oxygens (including phenoxy) is 1. The number of aromatic nitrogens is 6. The number of nitrogen functional groups attached to an aromatic ring is 1. The van der Waals surface area contributed by atoms with Crippen molar-refractivity contribution in [3.63, 3.8) is 0 Å². The summed E-state index contributed by atoms with van der Waals surface area (Å²) in [7, 11) is 1.59. The van der Waals surface area contributed by atoms with Crippen LogP contribution in [0.5, 0.6) is 0 Å². The largest absolute Gasteiger partial charge is 0.440 e. The number of nitrogens with zero attached hydrogens (tertiary/aromatic N) is 7. The van der Waals surface area contributed by atoms with Crippen LogP contribution < -0.4 is 5.73 Å². The summed E-state index contributed by atoms with van der Waals surface area (Å²) in [5.74, 6) is 1.62. The van der Waals surface area contributed by atoms with Gasteiger partial charge in [-0.3, -0.25) is 4.98 Å². The highest BCUT2D eigenvalue weighted by atomic mass is 16.5. The van der Waals surface area contributed by atoms with Crippen molar-refractivity contribution in [2.75, 3.05) is 12.8 Å². The molecule has 0 atom stereocenters. The Morgan fingerprint density at radius 2 is 2.03 bits per heavy atom. The highest BCUT2D eigenvalue weighted by molar-refractivity contribution is 5.89. The number of aryl methyl sites for hydroxylation is 1. The number of nitrogens with two attached hydrogens (primary N) is 1. The summed E-state index contributed by atoms with van der Waals surface area (Å²) < 4.78 is 12.8. The molecule has 0 saturated carbocycles. The molecule has 0 aliphatic heterocycles. The molecule has 10 nitrogen and oxygen atoms in total. The molecule has 10 heteroatoms. The summed E-state index contributed by atoms with van der Waals surface area (Å²) in [6.45, 7) is 1.99. The van der Waals surface area contributed by atoms with Crippen molar-refractivity contribution < 1.29 is 9.15 Å². The average molecular weight is 452 g/mol. The van der Waals surface area contributed by atoms with Crippen LogP contribution in [0.3, 0.4) is 0 Å². The van der Waals surface area contributed by atoms with E-state index in [1.807, 2.05) is 24.3 Å². The lowest BCUT2D eigenvalue weighted by Crippen LogP contribution is -2.06. The second-order valence-corrected chi connectivity index (χ2v) is 7.59. The molecule has 2 N–H and O–H groups in total. The molecule has 0 amide bonds. The molecule has 0 radical (unpaired) electrons. The third-order valence-electron chi connectivity index (χ3n) is 5.20. The maximum Gasteiger partial charge on any atom is 0.223 e. The van der Waals surface area contributed by atoms with Crippen molar-refractivity contribution >= 4 is 11.6 Å². The molecule has 1 aromatic carbocycles. The smallest absolute Gasteiger partial charge is 0.223 e. The van der Waals surface area contributed by atoms with Crippen molar-refractivity contribution in [3.05, 3.63) is 77.3 Å². The van der Waals surface area contributed by atoms with Gasteiger partial charge in [-0.2, -0.15) is 9.78 Å². The van der Waals surface area contributed by atoms with Gasteiger partial charge in [0.05, 0.1) is 35.9 Å². The van der Waals surface area contributed by atoms with E-state index in [4.69, 9.17) is 19.9 Å². The van der Waals surface area contributed by atoms with E-state index in [9.17, 15) is 5.26 Å². The second-order valence-electron chi connectivity index (χ2n) is 7.59. The van der Waals surface area contributed by atoms with E-state index in [0.717, 1.165) is 5.69 Å². The number of methoxy groups -OCH3 is 1. The summed E-state index contributed by atoms with van der Waals surface area (Å²) in [6.07, 6.45) is 2.14. The quantitative estimate of drug-likeness (QED) is 0.410. The standard InChI is InChI=1S/C24H20N8O2/c1-14-28-18(13-33-2)22(34-14)20-21(16-7-5-6-15(10-16)12-25)30-24(26)32-23(20)29-19(31-32)11-17-8-3-4-9-27-17/h3-10H,11,13H2,1-2H3,(H2,26,30). The van der Waals surface area contributed by atoms with E-state index in [0.29, 0.717) is 57.6 Å². The third-order valence-corrected chi connectivity index (χ3v) is 5.20. The van der Waals surface area contributed by atoms with E-state index in [1.54, 1.807) is 38.4 Å². The van der Waals surface area contributed by atoms with Gasteiger partial charge in [-0.05, 0) is 24.3 Å². The maximum atomic E-state index is 9.41. The molecule has 5 rings (SSSR count). The Bertz CT molecular complexity index is 1530. The molecule has 34 heavy (non-hydrogen) atoms. The van der Waals surface area contributed by atoms with Crippen molar-refractivity contribution in [1.29, 1.82) is 5.26 Å². The molecule has 4 aromatic heterocycles. The van der Waals surface area contributed by atoms with Gasteiger partial charge >= 0.3 is 0 Å². The van der Waals surface area contributed by atoms with Crippen LogP contribution >= 0.6 is 0 Å². The molecule has 0 spiro atoms. The average Bonchev–Trinajstić information content (AvgIpc) is 3.43. The molecular formula is C24H20N8O2. The first-order chi connectivity index (χ1) is 16.6. The van der Waals surface area contributed by atoms with Crippen LogP contribution in [0.4, 0.5) is 5.95 Å². The minimum Gasteiger partial charge on any atom is -0.440 e. The van der Waals surface area contributed by atoms with Crippen molar-refractivity contribution in [1.82, 2.24) is 29.5 Å². The SMILES string of the molecule is COCc1nc(C)oc1-c1c(-c2cccc(C#N)c2)nc(N)n2nc(Cc3ccccn3)nc12. The molecule has 0 saturated heterocycles. The van der Waals surface area contributed by atoms with Crippen LogP contribution in [-0.4, -0.2) is 36.7 Å². The number of pyridine rings is 1. The summed E-state index contributed by atoms with van der Waals surface area (Å²) in [4.78, 5) is 18.3. The fourth-order valence-electron chi connectivity index (χ4n) is 3.79. The Labute approximate surface area is 194 Å². The van der Waals surface area contributed by atoms with Gasteiger partial charge in [-0.15, -0.1) is 5.10 Å². The van der Waals surface area contributed by atoms with Crippen molar-refractivity contribution in [2.24, 2.45) is 0 Å². The fraction of sp³-hybridized carbons (Fsp3) is 0.167. The maximum absolute atomic E-state index is 9.41. The van der Waals surface area contributed by atoms with Crippen LogP contribution in [0.25, 0.3) is 28.2 Å². The van der Waals surface area contributed by atoms with Crippen LogP contribution in [0.15, 0.2) is 53.1 Å². The van der Waals surface area contributed by atoms with Gasteiger partial charge in [0, 0.05) is 31.5 Å². The van der Waals surface area contributed by atoms with E-state index in [-0.39, 0.29) is 12.6 Å². The van der Waals surface area contributed by atoms with Gasteiger partial charge in [0.25, 0.3) is 0 Å². The molecular weight excluding hydrogens is 432 g/mol. The molecule has 0 aliphatic rings. The van der Waals surface area contributed by atoms with E-state index in [1.165, 1.54) is 4.52 Å². The Morgan fingerprint density at radius 3 is 2.79 bits per heavy atom. The minimum atomic E-state index is 0.153. The van der Waals surface area contributed by atoms with Gasteiger partial charge in [0.2, 0.25) is 5.95 Å². The highest BCUT2D eigenvalue weighted by Crippen LogP contribution is 2.37. The van der Waals surface area contributed by atoms with E-state index < -0.39 is 0 Å². The number of hydrogen-bond donors (Lipinski definition) is 1. The Balaban J connectivity index is 1.79. The van der Waals surface area contributed by atoms with Crippen LogP contribution in [-0.2, 0) is 17.8 Å². The summed E-state index contributed by atoms with van der Waals surface area (Å²) >= 11 is 0. The summed E-state index contributed by atoms with van der Waals surface area (Å²) in [5, 5.41) is 14.0. The molecule has 0 bridgehead atoms. The first-order valence-electron chi connectivity index (χ1n) is 10.5. The lowest BCUT2D eigenvalue weighted by molar-refractivity contribution is 0.182. The monoisotopic (exact) mass is 452 g/mol. The van der Waals surface area contributed by atoms with Gasteiger partial charge < -0.3 is 14.9 Å². The second kappa shape index (κ2) is 8.73. The van der Waals surface area contributed by atoms with Gasteiger partial charge in [0.1, 0.15) is 5.69 Å². The lowest BCUT2D eigenvalue weighted by Gasteiger charge is -2.11. The first kappa shape index (κ1) is 21.2. The third kappa shape index (κ3) is 3.85. The number of benzene rings is 1. The Morgan fingerprint density at radius 1 is 1.15 bits per heavy atom. The molecule has 168 valence electrons. The zero-order valence-corrected chi connectivity index (χ0v) is 18.6. The lowest BCUT2D eigenvalue weighted by atomic mass is 10.0. The van der Waals surface area contributed by atoms with Gasteiger partial charge in [-0.1, -0.05) is 18.2 Å². The number of fused-ring (bicyclic) bond motifs is 1. The number of anilines is 1. The molecule has 5 aromatic rings. The zero-order valence-electron chi connectivity index (χ0n) is 18.6. The number of hydrogen-bond acceptors (Lipinski definition) is 9. The minimum absolute atomic E-state index is 0.153. The predicted molar refractivity (Wildman–Crippen MR) is 123 cm³/mol. The first-order valence-corrected chi connectivity index (χ1v) is 10.5. The zero-order chi connectivity index (χ0) is 23.7. The van der Waals surface area contributed by atoms with Crippen LogP contribution in [0, 0.1) is 18.3 Å². The highest BCUT2D eigenvalue weighted by Gasteiger charge is 2.26. The van der Waals surface area contributed by atoms with Crippen molar-refractivity contribution in [3.8, 4) is 28.7 Å². The molecule has 0 aliphatic carbocycles. The number of oxazole rings is 1. The summed E-state index contributed by atoms with van der Waals surface area (Å²) in [6, 6.07) is 14.9. The predicted octanol–water partition coefficient (Wildman–Crippen LogP) is 3.34. The topological polar surface area (TPSA) is 141 Å². The Kier molecular flexibility index (Phi) is 5.45. The van der Waals surface area contributed by atoms with Crippen molar-refractivity contribution in [2.45, 2.75) is 20.0 Å². The number of rotatable bonds is 6. The molecule has 4 heterocycles. The Hall–Kier alpha value is -4.62. The molecule has 0 unspecified atom stereocenters. The van der Waals surface area contributed by atoms with Gasteiger partial charge in [0.15, 0.2) is 23.1 Å². The summed E-state index contributed by atoms with van der Waals surface area (Å²) in [5.41, 5.74) is 10.5. The number of nitriles is 1. The normalized spacial score (nSPS) is 11.1. The van der Waals surface area contributed by atoms with Crippen LogP contribution in [0.2, 0.25) is 0 Å². The van der Waals surface area contributed by atoms with Crippen LogP contribution in [0.1, 0.15) is 28.7 Å². The fourth-order valence-corrected chi connectivity index (χ4v) is 3.79. The molecule has 0 fully saturated rings. The van der Waals surface area contributed by atoms with E-state index >= 15 is 0 Å². The van der Waals surface area contributed by atoms with E-state index in [2.05, 4.69) is 26.1 Å². The van der Waals surface area contributed by atoms with Gasteiger partial charge in [-0.25, -0.2) is 15.0 Å².